The van der Waals surface area contributed by atoms with Crippen LogP contribution in [-0.4, -0.2) is 34.3 Å². The summed E-state index contributed by atoms with van der Waals surface area (Å²) < 4.78 is 5.01. The van der Waals surface area contributed by atoms with E-state index in [0.29, 0.717) is 18.6 Å². The smallest absolute Gasteiger partial charge is 0.333 e. The van der Waals surface area contributed by atoms with Gasteiger partial charge in [0.15, 0.2) is 8.38 Å². The number of ether oxygens (including phenoxy) is 1. The molecule has 0 amide bonds. The molecule has 0 fully saturated rings. The van der Waals surface area contributed by atoms with E-state index >= 15 is 0 Å². The maximum Gasteiger partial charge on any atom is 0.333 e. The highest BCUT2D eigenvalue weighted by Crippen LogP contribution is 2.23. The molecule has 0 aliphatic rings. The van der Waals surface area contributed by atoms with Crippen LogP contribution in [0, 0.1) is 0 Å². The second kappa shape index (κ2) is 13.9. The number of carbonyl (C=O) groups is 2. The zero-order valence-corrected chi connectivity index (χ0v) is 14.4. The minimum Gasteiger partial charge on any atom is -0.462 e. The van der Waals surface area contributed by atoms with Crippen LogP contribution < -0.4 is 0 Å². The molecule has 0 aliphatic heterocycles. The molecule has 0 rings (SSSR count). The first kappa shape index (κ1) is 21.2. The number of hydrogen-bond acceptors (Lipinski definition) is 5. The molecule has 22 heavy (non-hydrogen) atoms. The van der Waals surface area contributed by atoms with Crippen molar-refractivity contribution in [3.63, 3.8) is 0 Å². The predicted octanol–water partition coefficient (Wildman–Crippen LogP) is 3.48. The summed E-state index contributed by atoms with van der Waals surface area (Å²) in [5, 5.41) is 0. The normalized spacial score (nSPS) is 10.7. The minimum absolute atomic E-state index is 0.0552. The highest BCUT2D eigenvalue weighted by Gasteiger charge is 2.07. The lowest BCUT2D eigenvalue weighted by Gasteiger charge is -2.05. The predicted molar refractivity (Wildman–Crippen MR) is 88.6 cm³/mol. The van der Waals surface area contributed by atoms with Gasteiger partial charge in [0, 0.05) is 12.0 Å². The lowest BCUT2D eigenvalue weighted by molar-refractivity contribution is -0.139. The molecule has 0 heterocycles. The Hall–Kier alpha value is -0.770. The summed E-state index contributed by atoms with van der Waals surface area (Å²) in [6, 6.07) is 0. The Morgan fingerprint density at radius 2 is 1.45 bits per heavy atom. The quantitative estimate of drug-likeness (QED) is 0.220. The van der Waals surface area contributed by atoms with Gasteiger partial charge in [-0.15, -0.1) is 0 Å². The van der Waals surface area contributed by atoms with Crippen molar-refractivity contribution in [1.29, 1.82) is 0 Å². The third-order valence-corrected chi connectivity index (χ3v) is 3.88. The highest BCUT2D eigenvalue weighted by molar-refractivity contribution is 7.46. The van der Waals surface area contributed by atoms with E-state index < -0.39 is 8.38 Å². The fraction of sp³-hybridized carbons (Fsp3) is 0.750. The molecule has 0 radical (unpaired) electrons. The van der Waals surface area contributed by atoms with Crippen LogP contribution in [0.2, 0.25) is 0 Å². The van der Waals surface area contributed by atoms with Gasteiger partial charge >= 0.3 is 5.97 Å². The van der Waals surface area contributed by atoms with E-state index in [2.05, 4.69) is 6.58 Å². The Morgan fingerprint density at radius 1 is 0.955 bits per heavy atom. The van der Waals surface area contributed by atoms with Crippen LogP contribution in [0.25, 0.3) is 0 Å². The number of Topliss-reactive ketones (excluding diaryl/α,β-unsaturated/α-hetero) is 1. The monoisotopic (exact) mass is 332 g/mol. The van der Waals surface area contributed by atoms with E-state index in [-0.39, 0.29) is 17.9 Å². The summed E-state index contributed by atoms with van der Waals surface area (Å²) >= 11 is 0. The molecule has 0 unspecified atom stereocenters. The zero-order chi connectivity index (χ0) is 16.8. The molecule has 6 heteroatoms. The maximum absolute atomic E-state index is 11.2. The van der Waals surface area contributed by atoms with Crippen LogP contribution in [0.15, 0.2) is 12.2 Å². The first-order valence-corrected chi connectivity index (χ1v) is 9.36. The molecule has 2 N–H and O–H groups in total. The second-order valence-corrected chi connectivity index (χ2v) is 6.62. The molecule has 128 valence electrons. The van der Waals surface area contributed by atoms with Crippen molar-refractivity contribution in [2.24, 2.45) is 0 Å². The lowest BCUT2D eigenvalue weighted by Crippen LogP contribution is -2.05. The summed E-state index contributed by atoms with van der Waals surface area (Å²) in [6.45, 7) is 5.63. The van der Waals surface area contributed by atoms with Gasteiger partial charge in [-0.3, -0.25) is 4.79 Å². The van der Waals surface area contributed by atoms with E-state index in [1.165, 1.54) is 0 Å². The molecule has 5 nitrogen and oxygen atoms in total. The van der Waals surface area contributed by atoms with Crippen molar-refractivity contribution in [2.75, 3.05) is 12.8 Å². The summed E-state index contributed by atoms with van der Waals surface area (Å²) in [4.78, 5) is 39.8. The SMILES string of the molecule is C=C(C)C(=O)OCCCCCCCCCCC(=O)CP(O)O. The van der Waals surface area contributed by atoms with Crippen LogP contribution in [0.4, 0.5) is 0 Å². The van der Waals surface area contributed by atoms with Crippen molar-refractivity contribution >= 4 is 20.1 Å². The Kier molecular flexibility index (Phi) is 13.4. The molecular weight excluding hydrogens is 303 g/mol. The Labute approximate surface area is 134 Å². The van der Waals surface area contributed by atoms with E-state index in [0.717, 1.165) is 51.4 Å². The van der Waals surface area contributed by atoms with Crippen molar-refractivity contribution in [3.05, 3.63) is 12.2 Å². The average Bonchev–Trinajstić information content (AvgIpc) is 2.43. The Bertz CT molecular complexity index is 341. The summed E-state index contributed by atoms with van der Waals surface area (Å²) in [5.74, 6) is -0.370. The fourth-order valence-electron chi connectivity index (χ4n) is 2.01. The minimum atomic E-state index is -2.07. The highest BCUT2D eigenvalue weighted by atomic mass is 31.2. The first-order valence-electron chi connectivity index (χ1n) is 7.93. The van der Waals surface area contributed by atoms with Gasteiger partial charge in [0.05, 0.1) is 12.8 Å². The van der Waals surface area contributed by atoms with E-state index in [9.17, 15) is 9.59 Å². The van der Waals surface area contributed by atoms with Gasteiger partial charge in [-0.05, 0) is 19.8 Å². The molecule has 0 spiro atoms. The Balaban J connectivity index is 3.22. The molecule has 0 bridgehead atoms. The lowest BCUT2D eigenvalue weighted by atomic mass is 10.1. The van der Waals surface area contributed by atoms with Gasteiger partial charge < -0.3 is 14.5 Å². The van der Waals surface area contributed by atoms with E-state index in [4.69, 9.17) is 14.5 Å². The van der Waals surface area contributed by atoms with Crippen LogP contribution >= 0.6 is 8.38 Å². The largest absolute Gasteiger partial charge is 0.462 e. The molecule has 0 aromatic heterocycles. The Morgan fingerprint density at radius 3 is 1.95 bits per heavy atom. The number of ketones is 1. The van der Waals surface area contributed by atoms with Gasteiger partial charge in [-0.2, -0.15) is 0 Å². The summed E-state index contributed by atoms with van der Waals surface area (Å²) in [5.41, 5.74) is 0.438. The van der Waals surface area contributed by atoms with Crippen LogP contribution in [0.1, 0.15) is 64.7 Å². The van der Waals surface area contributed by atoms with Crippen LogP contribution in [-0.2, 0) is 14.3 Å². The van der Waals surface area contributed by atoms with Gasteiger partial charge in [0.1, 0.15) is 5.78 Å². The number of esters is 1. The number of rotatable bonds is 14. The van der Waals surface area contributed by atoms with Gasteiger partial charge in [0.2, 0.25) is 0 Å². The van der Waals surface area contributed by atoms with Crippen molar-refractivity contribution in [3.8, 4) is 0 Å². The van der Waals surface area contributed by atoms with E-state index in [1.807, 2.05) is 0 Å². The summed E-state index contributed by atoms with van der Waals surface area (Å²) in [7, 11) is -2.07. The molecule has 0 atom stereocenters. The molecule has 0 aromatic rings. The van der Waals surface area contributed by atoms with Crippen LogP contribution in [0.5, 0.6) is 0 Å². The molecule has 0 saturated heterocycles. The third kappa shape index (κ3) is 14.2. The first-order chi connectivity index (χ1) is 10.4. The molecule has 0 aromatic carbocycles. The number of carbonyl (C=O) groups excluding carboxylic acids is 2. The molecule has 0 aliphatic carbocycles. The van der Waals surface area contributed by atoms with Crippen molar-refractivity contribution in [1.82, 2.24) is 0 Å². The number of unbranched alkanes of at least 4 members (excludes halogenated alkanes) is 7. The number of hydrogen-bond donors (Lipinski definition) is 2. The van der Waals surface area contributed by atoms with Gasteiger partial charge in [-0.25, -0.2) is 4.79 Å². The standard InChI is InChI=1S/C16H29O5P/c1-14(2)16(18)21-12-10-8-6-4-3-5-7-9-11-15(17)13-22(19)20/h19-20H,1,3-13H2,2H3. The molecular formula is C16H29O5P. The topological polar surface area (TPSA) is 83.8 Å². The third-order valence-electron chi connectivity index (χ3n) is 3.25. The fourth-order valence-corrected chi connectivity index (χ4v) is 2.48. The summed E-state index contributed by atoms with van der Waals surface area (Å²) in [6.07, 6.45) is 8.67. The van der Waals surface area contributed by atoms with Crippen molar-refractivity contribution in [2.45, 2.75) is 64.7 Å². The van der Waals surface area contributed by atoms with Gasteiger partial charge in [0.25, 0.3) is 0 Å². The molecule has 0 saturated carbocycles. The average molecular weight is 332 g/mol. The zero-order valence-electron chi connectivity index (χ0n) is 13.6. The van der Waals surface area contributed by atoms with Gasteiger partial charge in [-0.1, -0.05) is 45.1 Å². The van der Waals surface area contributed by atoms with E-state index in [1.54, 1.807) is 6.92 Å². The second-order valence-electron chi connectivity index (χ2n) is 5.56. The maximum atomic E-state index is 11.2. The van der Waals surface area contributed by atoms with Crippen LogP contribution in [0.3, 0.4) is 0 Å². The van der Waals surface area contributed by atoms with Crippen molar-refractivity contribution < 1.29 is 24.1 Å².